The fourth-order valence-electron chi connectivity index (χ4n) is 2.87. The van der Waals surface area contributed by atoms with Crippen LogP contribution in [0.4, 0.5) is 0 Å². The van der Waals surface area contributed by atoms with Crippen LogP contribution in [0.1, 0.15) is 62.9 Å². The SMILES string of the molecule is CCCO/N=C(\C)C(Cc1ccc(OCCc2nc(C(C)C)oc2C)cc1)C(=O)O. The number of ether oxygens (including phenoxy) is 1. The quantitative estimate of drug-likeness (QED) is 0.304. The first-order valence-corrected chi connectivity index (χ1v) is 10.4. The fraction of sp³-hybridized carbons (Fsp3) is 0.522. The molecule has 1 atom stereocenters. The van der Waals surface area contributed by atoms with Gasteiger partial charge in [0.05, 0.1) is 18.0 Å². The number of aliphatic carboxylic acids is 1. The summed E-state index contributed by atoms with van der Waals surface area (Å²) >= 11 is 0. The fourth-order valence-corrected chi connectivity index (χ4v) is 2.87. The zero-order valence-electron chi connectivity index (χ0n) is 18.5. The smallest absolute Gasteiger partial charge is 0.312 e. The van der Waals surface area contributed by atoms with Crippen molar-refractivity contribution >= 4 is 11.7 Å². The zero-order chi connectivity index (χ0) is 22.1. The summed E-state index contributed by atoms with van der Waals surface area (Å²) in [6.07, 6.45) is 1.83. The molecule has 2 aromatic rings. The van der Waals surface area contributed by atoms with Gasteiger partial charge in [-0.2, -0.15) is 0 Å². The van der Waals surface area contributed by atoms with Crippen molar-refractivity contribution in [2.45, 2.75) is 59.8 Å². The summed E-state index contributed by atoms with van der Waals surface area (Å²) in [6, 6.07) is 7.46. The Morgan fingerprint density at radius 1 is 1.23 bits per heavy atom. The first kappa shape index (κ1) is 23.4. The number of hydrogen-bond acceptors (Lipinski definition) is 6. The van der Waals surface area contributed by atoms with Crippen molar-refractivity contribution in [3.8, 4) is 5.75 Å². The molecule has 0 saturated carbocycles. The maximum atomic E-state index is 11.6. The monoisotopic (exact) mass is 416 g/mol. The first-order valence-electron chi connectivity index (χ1n) is 10.4. The number of carboxylic acid groups (broad SMARTS) is 1. The molecule has 0 spiro atoms. The number of aromatic nitrogens is 1. The van der Waals surface area contributed by atoms with Gasteiger partial charge in [-0.15, -0.1) is 0 Å². The van der Waals surface area contributed by atoms with E-state index < -0.39 is 11.9 Å². The molecule has 1 N–H and O–H groups in total. The van der Waals surface area contributed by atoms with Crippen LogP contribution in [0.5, 0.6) is 5.75 Å². The molecule has 0 fully saturated rings. The Morgan fingerprint density at radius 2 is 1.93 bits per heavy atom. The molecule has 2 rings (SSSR count). The maximum absolute atomic E-state index is 11.6. The van der Waals surface area contributed by atoms with Gasteiger partial charge in [0.1, 0.15) is 24.0 Å². The third-order valence-electron chi connectivity index (χ3n) is 4.68. The van der Waals surface area contributed by atoms with E-state index in [9.17, 15) is 9.90 Å². The number of benzene rings is 1. The van der Waals surface area contributed by atoms with Gasteiger partial charge in [0, 0.05) is 12.3 Å². The van der Waals surface area contributed by atoms with Gasteiger partial charge in [0.2, 0.25) is 0 Å². The van der Waals surface area contributed by atoms with Crippen LogP contribution in [0.3, 0.4) is 0 Å². The molecule has 1 aromatic carbocycles. The second-order valence-electron chi connectivity index (χ2n) is 7.61. The summed E-state index contributed by atoms with van der Waals surface area (Å²) in [6.45, 7) is 10.6. The summed E-state index contributed by atoms with van der Waals surface area (Å²) in [5.41, 5.74) is 2.27. The number of hydrogen-bond donors (Lipinski definition) is 1. The van der Waals surface area contributed by atoms with Crippen LogP contribution in [0.2, 0.25) is 0 Å². The Bertz CT molecular complexity index is 840. The Balaban J connectivity index is 1.90. The molecule has 7 nitrogen and oxygen atoms in total. The number of oxime groups is 1. The highest BCUT2D eigenvalue weighted by atomic mass is 16.6. The highest BCUT2D eigenvalue weighted by Gasteiger charge is 2.22. The average molecular weight is 417 g/mol. The lowest BCUT2D eigenvalue weighted by Crippen LogP contribution is -2.24. The van der Waals surface area contributed by atoms with Crippen LogP contribution in [-0.2, 0) is 22.5 Å². The van der Waals surface area contributed by atoms with E-state index in [1.54, 1.807) is 6.92 Å². The second kappa shape index (κ2) is 11.4. The Hall–Kier alpha value is -2.83. The van der Waals surface area contributed by atoms with Crippen LogP contribution < -0.4 is 4.74 Å². The van der Waals surface area contributed by atoms with Gasteiger partial charge in [-0.25, -0.2) is 4.98 Å². The predicted octanol–water partition coefficient (Wildman–Crippen LogP) is 4.77. The predicted molar refractivity (Wildman–Crippen MR) is 115 cm³/mol. The Morgan fingerprint density at radius 3 is 2.50 bits per heavy atom. The largest absolute Gasteiger partial charge is 0.493 e. The minimum absolute atomic E-state index is 0.257. The lowest BCUT2D eigenvalue weighted by Gasteiger charge is -2.13. The van der Waals surface area contributed by atoms with Gasteiger partial charge in [-0.1, -0.05) is 38.1 Å². The molecular weight excluding hydrogens is 384 g/mol. The summed E-state index contributed by atoms with van der Waals surface area (Å²) < 4.78 is 11.5. The molecule has 7 heteroatoms. The highest BCUT2D eigenvalue weighted by molar-refractivity contribution is 6.00. The second-order valence-corrected chi connectivity index (χ2v) is 7.61. The van der Waals surface area contributed by atoms with Gasteiger partial charge < -0.3 is 19.1 Å². The van der Waals surface area contributed by atoms with E-state index in [1.807, 2.05) is 52.0 Å². The molecule has 0 bridgehead atoms. The number of carboxylic acids is 1. The van der Waals surface area contributed by atoms with E-state index in [-0.39, 0.29) is 5.92 Å². The Labute approximate surface area is 178 Å². The molecule has 0 saturated heterocycles. The van der Waals surface area contributed by atoms with E-state index >= 15 is 0 Å². The third kappa shape index (κ3) is 6.90. The molecule has 0 aliphatic heterocycles. The number of nitrogens with zero attached hydrogens (tertiary/aromatic N) is 2. The van der Waals surface area contributed by atoms with Crippen molar-refractivity contribution in [1.29, 1.82) is 0 Å². The molecule has 30 heavy (non-hydrogen) atoms. The molecule has 164 valence electrons. The number of carbonyl (C=O) groups is 1. The minimum Gasteiger partial charge on any atom is -0.493 e. The van der Waals surface area contributed by atoms with Crippen LogP contribution >= 0.6 is 0 Å². The summed E-state index contributed by atoms with van der Waals surface area (Å²) in [5, 5.41) is 13.5. The minimum atomic E-state index is -0.916. The zero-order valence-corrected chi connectivity index (χ0v) is 18.5. The van der Waals surface area contributed by atoms with Crippen molar-refractivity contribution < 1.29 is 23.9 Å². The standard InChI is InChI=1S/C23H32N2O5/c1-6-12-29-25-16(4)20(23(26)27)14-18-7-9-19(10-8-18)28-13-11-21-17(5)30-22(24-21)15(2)3/h7-10,15,20H,6,11-14H2,1-5H3,(H,26,27)/b25-16+. The lowest BCUT2D eigenvalue weighted by atomic mass is 9.95. The van der Waals surface area contributed by atoms with Gasteiger partial charge in [0.15, 0.2) is 5.89 Å². The lowest BCUT2D eigenvalue weighted by molar-refractivity contribution is -0.139. The molecule has 0 amide bonds. The van der Waals surface area contributed by atoms with Gasteiger partial charge >= 0.3 is 5.97 Å². The van der Waals surface area contributed by atoms with E-state index in [2.05, 4.69) is 10.1 Å². The molecule has 1 aromatic heterocycles. The van der Waals surface area contributed by atoms with Gasteiger partial charge in [0.25, 0.3) is 0 Å². The first-order chi connectivity index (χ1) is 14.3. The van der Waals surface area contributed by atoms with Crippen molar-refractivity contribution in [3.05, 3.63) is 47.2 Å². The van der Waals surface area contributed by atoms with E-state index in [4.69, 9.17) is 14.0 Å². The summed E-state index contributed by atoms with van der Waals surface area (Å²) in [7, 11) is 0. The van der Waals surface area contributed by atoms with E-state index in [0.29, 0.717) is 31.8 Å². The molecule has 0 radical (unpaired) electrons. The van der Waals surface area contributed by atoms with Crippen molar-refractivity contribution in [2.24, 2.45) is 11.1 Å². The van der Waals surface area contributed by atoms with Crippen LogP contribution in [-0.4, -0.2) is 35.0 Å². The van der Waals surface area contributed by atoms with E-state index in [1.165, 1.54) is 0 Å². The van der Waals surface area contributed by atoms with Crippen LogP contribution in [0, 0.1) is 12.8 Å². The highest BCUT2D eigenvalue weighted by Crippen LogP contribution is 2.20. The maximum Gasteiger partial charge on any atom is 0.312 e. The molecule has 0 aliphatic rings. The summed E-state index contributed by atoms with van der Waals surface area (Å²) in [5.74, 6) is 0.926. The van der Waals surface area contributed by atoms with Crippen molar-refractivity contribution in [1.82, 2.24) is 4.98 Å². The average Bonchev–Trinajstić information content (AvgIpc) is 3.08. The van der Waals surface area contributed by atoms with Gasteiger partial charge in [-0.3, -0.25) is 4.79 Å². The van der Waals surface area contributed by atoms with E-state index in [0.717, 1.165) is 35.1 Å². The van der Waals surface area contributed by atoms with Crippen molar-refractivity contribution in [2.75, 3.05) is 13.2 Å². The molecular formula is C23H32N2O5. The molecule has 1 heterocycles. The Kier molecular flexibility index (Phi) is 8.89. The molecule has 1 unspecified atom stereocenters. The molecule has 0 aliphatic carbocycles. The van der Waals surface area contributed by atoms with Crippen molar-refractivity contribution in [3.63, 3.8) is 0 Å². The van der Waals surface area contributed by atoms with Crippen LogP contribution in [0.15, 0.2) is 33.8 Å². The topological polar surface area (TPSA) is 94.2 Å². The normalized spacial score (nSPS) is 12.8. The number of oxazole rings is 1. The summed E-state index contributed by atoms with van der Waals surface area (Å²) in [4.78, 5) is 21.3. The number of rotatable bonds is 12. The van der Waals surface area contributed by atoms with Gasteiger partial charge in [-0.05, 0) is 44.4 Å². The third-order valence-corrected chi connectivity index (χ3v) is 4.68. The van der Waals surface area contributed by atoms with Crippen LogP contribution in [0.25, 0.3) is 0 Å². The number of aryl methyl sites for hydroxylation is 1.